The van der Waals surface area contributed by atoms with Crippen molar-refractivity contribution in [2.45, 2.75) is 26.2 Å². The Morgan fingerprint density at radius 2 is 1.94 bits per heavy atom. The summed E-state index contributed by atoms with van der Waals surface area (Å²) in [5.41, 5.74) is 0. The molecule has 2 aliphatic rings. The summed E-state index contributed by atoms with van der Waals surface area (Å²) in [5, 5.41) is 2.94. The Kier molecular flexibility index (Phi) is 4.04. The van der Waals surface area contributed by atoms with Crippen molar-refractivity contribution >= 4 is 6.03 Å². The molecule has 0 aromatic carbocycles. The minimum absolute atomic E-state index is 0.118. The van der Waals surface area contributed by atoms with Crippen LogP contribution in [0, 0.1) is 5.92 Å². The number of hydrogen-bond donors (Lipinski definition) is 1. The van der Waals surface area contributed by atoms with Crippen LogP contribution in [0.2, 0.25) is 0 Å². The summed E-state index contributed by atoms with van der Waals surface area (Å²) in [5.74, 6) is 0.959. The Morgan fingerprint density at radius 1 is 1.25 bits per heavy atom. The summed E-state index contributed by atoms with van der Waals surface area (Å²) in [6.45, 7) is 8.01. The molecule has 1 heterocycles. The Balaban J connectivity index is 1.65. The van der Waals surface area contributed by atoms with E-state index in [0.717, 1.165) is 45.1 Å². The second kappa shape index (κ2) is 5.53. The predicted octanol–water partition coefficient (Wildman–Crippen LogP) is 1.13. The van der Waals surface area contributed by atoms with Gasteiger partial charge in [0.1, 0.15) is 0 Å². The van der Waals surface area contributed by atoms with Crippen LogP contribution < -0.4 is 5.32 Å². The van der Waals surface area contributed by atoms with Gasteiger partial charge in [-0.2, -0.15) is 0 Å². The molecule has 92 valence electrons. The van der Waals surface area contributed by atoms with Gasteiger partial charge in [0.25, 0.3) is 0 Å². The lowest BCUT2D eigenvalue weighted by atomic mass is 10.3. The van der Waals surface area contributed by atoms with Gasteiger partial charge in [0.2, 0.25) is 0 Å². The number of nitrogens with zero attached hydrogens (tertiary/aromatic N) is 2. The van der Waals surface area contributed by atoms with Gasteiger partial charge in [0.15, 0.2) is 0 Å². The number of carbonyl (C=O) groups is 1. The molecule has 16 heavy (non-hydrogen) atoms. The molecule has 2 fully saturated rings. The fourth-order valence-electron chi connectivity index (χ4n) is 2.14. The van der Waals surface area contributed by atoms with Crippen LogP contribution in [0.25, 0.3) is 0 Å². The zero-order valence-corrected chi connectivity index (χ0v) is 10.2. The average Bonchev–Trinajstić information content (AvgIpc) is 3.11. The fraction of sp³-hybridized carbons (Fsp3) is 0.917. The SMILES string of the molecule is CCCNC(=O)N1CCN(CC2CC2)CC1. The van der Waals surface area contributed by atoms with Gasteiger partial charge in [0.05, 0.1) is 0 Å². The summed E-state index contributed by atoms with van der Waals surface area (Å²) in [4.78, 5) is 16.1. The van der Waals surface area contributed by atoms with E-state index < -0.39 is 0 Å². The van der Waals surface area contributed by atoms with Crippen LogP contribution in [-0.4, -0.2) is 55.1 Å². The first-order valence-electron chi connectivity index (χ1n) is 6.54. The van der Waals surface area contributed by atoms with Crippen molar-refractivity contribution in [3.63, 3.8) is 0 Å². The van der Waals surface area contributed by atoms with Crippen LogP contribution in [0.1, 0.15) is 26.2 Å². The van der Waals surface area contributed by atoms with Gasteiger partial charge in [-0.1, -0.05) is 6.92 Å². The summed E-state index contributed by atoms with van der Waals surface area (Å²) < 4.78 is 0. The van der Waals surface area contributed by atoms with Gasteiger partial charge >= 0.3 is 6.03 Å². The number of hydrogen-bond acceptors (Lipinski definition) is 2. The zero-order valence-electron chi connectivity index (χ0n) is 10.2. The highest BCUT2D eigenvalue weighted by Crippen LogP contribution is 2.29. The number of carbonyl (C=O) groups excluding carboxylic acids is 1. The van der Waals surface area contributed by atoms with Crippen molar-refractivity contribution in [3.05, 3.63) is 0 Å². The van der Waals surface area contributed by atoms with Gasteiger partial charge < -0.3 is 10.2 Å². The molecular formula is C12H23N3O. The molecule has 4 heteroatoms. The van der Waals surface area contributed by atoms with Crippen LogP contribution in [0.15, 0.2) is 0 Å². The van der Waals surface area contributed by atoms with E-state index in [1.807, 2.05) is 4.90 Å². The van der Waals surface area contributed by atoms with E-state index in [4.69, 9.17) is 0 Å². The van der Waals surface area contributed by atoms with Crippen molar-refractivity contribution in [2.75, 3.05) is 39.3 Å². The standard InChI is InChI=1S/C12H23N3O/c1-2-5-13-12(16)15-8-6-14(7-9-15)10-11-3-4-11/h11H,2-10H2,1H3,(H,13,16). The molecule has 0 unspecified atom stereocenters. The molecule has 1 aliphatic carbocycles. The van der Waals surface area contributed by atoms with E-state index >= 15 is 0 Å². The molecule has 2 amide bonds. The maximum absolute atomic E-state index is 11.7. The normalized spacial score (nSPS) is 22.2. The molecule has 0 spiro atoms. The third-order valence-corrected chi connectivity index (χ3v) is 3.40. The second-order valence-electron chi connectivity index (χ2n) is 4.96. The molecule has 0 atom stereocenters. The Morgan fingerprint density at radius 3 is 2.50 bits per heavy atom. The molecule has 0 bridgehead atoms. The lowest BCUT2D eigenvalue weighted by molar-refractivity contribution is 0.136. The topological polar surface area (TPSA) is 35.6 Å². The Bertz CT molecular complexity index is 232. The monoisotopic (exact) mass is 225 g/mol. The van der Waals surface area contributed by atoms with Gasteiger partial charge in [-0.3, -0.25) is 4.90 Å². The third kappa shape index (κ3) is 3.37. The largest absolute Gasteiger partial charge is 0.338 e. The van der Waals surface area contributed by atoms with E-state index in [0.29, 0.717) is 0 Å². The van der Waals surface area contributed by atoms with E-state index in [9.17, 15) is 4.79 Å². The zero-order chi connectivity index (χ0) is 11.4. The predicted molar refractivity (Wildman–Crippen MR) is 64.4 cm³/mol. The van der Waals surface area contributed by atoms with E-state index in [-0.39, 0.29) is 6.03 Å². The van der Waals surface area contributed by atoms with Crippen LogP contribution in [0.4, 0.5) is 4.79 Å². The lowest BCUT2D eigenvalue weighted by Gasteiger charge is -2.34. The molecule has 1 aliphatic heterocycles. The van der Waals surface area contributed by atoms with Gasteiger partial charge in [-0.15, -0.1) is 0 Å². The number of piperazine rings is 1. The summed E-state index contributed by atoms with van der Waals surface area (Å²) in [6, 6.07) is 0.118. The summed E-state index contributed by atoms with van der Waals surface area (Å²) >= 11 is 0. The number of amides is 2. The van der Waals surface area contributed by atoms with Gasteiger partial charge in [-0.25, -0.2) is 4.79 Å². The average molecular weight is 225 g/mol. The van der Waals surface area contributed by atoms with Crippen molar-refractivity contribution in [1.82, 2.24) is 15.1 Å². The maximum Gasteiger partial charge on any atom is 0.317 e. The van der Waals surface area contributed by atoms with Gasteiger partial charge in [0, 0.05) is 39.3 Å². The molecular weight excluding hydrogens is 202 g/mol. The van der Waals surface area contributed by atoms with E-state index in [1.54, 1.807) is 0 Å². The van der Waals surface area contributed by atoms with Crippen molar-refractivity contribution < 1.29 is 4.79 Å². The molecule has 4 nitrogen and oxygen atoms in total. The molecule has 1 saturated heterocycles. The second-order valence-corrected chi connectivity index (χ2v) is 4.96. The van der Waals surface area contributed by atoms with Crippen molar-refractivity contribution in [2.24, 2.45) is 5.92 Å². The van der Waals surface area contributed by atoms with Crippen LogP contribution >= 0.6 is 0 Å². The number of rotatable bonds is 4. The number of urea groups is 1. The minimum Gasteiger partial charge on any atom is -0.338 e. The van der Waals surface area contributed by atoms with Crippen LogP contribution in [0.3, 0.4) is 0 Å². The van der Waals surface area contributed by atoms with E-state index in [1.165, 1.54) is 19.4 Å². The molecule has 1 N–H and O–H groups in total. The molecule has 0 aromatic heterocycles. The quantitative estimate of drug-likeness (QED) is 0.778. The first-order valence-corrected chi connectivity index (χ1v) is 6.54. The molecule has 2 rings (SSSR count). The first kappa shape index (κ1) is 11.7. The minimum atomic E-state index is 0.118. The molecule has 0 aromatic rings. The van der Waals surface area contributed by atoms with Crippen LogP contribution in [0.5, 0.6) is 0 Å². The summed E-state index contributed by atoms with van der Waals surface area (Å²) in [7, 11) is 0. The third-order valence-electron chi connectivity index (χ3n) is 3.40. The highest BCUT2D eigenvalue weighted by atomic mass is 16.2. The van der Waals surface area contributed by atoms with Crippen LogP contribution in [-0.2, 0) is 0 Å². The molecule has 1 saturated carbocycles. The highest BCUT2D eigenvalue weighted by molar-refractivity contribution is 5.74. The maximum atomic E-state index is 11.7. The van der Waals surface area contributed by atoms with E-state index in [2.05, 4.69) is 17.1 Å². The fourth-order valence-corrected chi connectivity index (χ4v) is 2.14. The van der Waals surface area contributed by atoms with Crippen molar-refractivity contribution in [3.8, 4) is 0 Å². The lowest BCUT2D eigenvalue weighted by Crippen LogP contribution is -2.52. The first-order chi connectivity index (χ1) is 7.79. The highest BCUT2D eigenvalue weighted by Gasteiger charge is 2.27. The number of nitrogens with one attached hydrogen (secondary N) is 1. The summed E-state index contributed by atoms with van der Waals surface area (Å²) in [6.07, 6.45) is 3.84. The van der Waals surface area contributed by atoms with Gasteiger partial charge in [-0.05, 0) is 25.2 Å². The smallest absolute Gasteiger partial charge is 0.317 e. The Labute approximate surface area is 98.0 Å². The van der Waals surface area contributed by atoms with Crippen molar-refractivity contribution in [1.29, 1.82) is 0 Å². The molecule has 0 radical (unpaired) electrons. The Hall–Kier alpha value is -0.770.